The standard InChI is InChI=1S/C15H18ClN3O2/c1-10(18(2)3)9-19-14(20)12(13(16)17-15(19)21)11-7-5-4-6-8-11/h4-8,10H,9H2,1-3H3,(H,17,21). The lowest BCUT2D eigenvalue weighted by atomic mass is 10.1. The van der Waals surface area contributed by atoms with E-state index in [1.54, 1.807) is 12.1 Å². The second-order valence-corrected chi connectivity index (χ2v) is 5.59. The summed E-state index contributed by atoms with van der Waals surface area (Å²) < 4.78 is 1.19. The average molecular weight is 308 g/mol. The highest BCUT2D eigenvalue weighted by Gasteiger charge is 2.16. The van der Waals surface area contributed by atoms with Gasteiger partial charge in [-0.25, -0.2) is 4.79 Å². The molecule has 0 spiro atoms. The Labute approximate surface area is 127 Å². The molecule has 2 rings (SSSR count). The quantitative estimate of drug-likeness (QED) is 0.876. The van der Waals surface area contributed by atoms with Crippen LogP contribution >= 0.6 is 11.6 Å². The van der Waals surface area contributed by atoms with Gasteiger partial charge in [0.05, 0.1) is 5.56 Å². The summed E-state index contributed by atoms with van der Waals surface area (Å²) in [5.74, 6) is 0. The molecule has 1 aromatic heterocycles. The number of aromatic nitrogens is 2. The van der Waals surface area contributed by atoms with Gasteiger partial charge in [-0.1, -0.05) is 41.9 Å². The Morgan fingerprint density at radius 3 is 2.43 bits per heavy atom. The zero-order valence-electron chi connectivity index (χ0n) is 12.3. The number of hydrogen-bond donors (Lipinski definition) is 1. The number of rotatable bonds is 4. The van der Waals surface area contributed by atoms with Crippen molar-refractivity contribution in [1.29, 1.82) is 0 Å². The van der Waals surface area contributed by atoms with Gasteiger partial charge in [-0.15, -0.1) is 0 Å². The summed E-state index contributed by atoms with van der Waals surface area (Å²) in [6.45, 7) is 2.25. The van der Waals surface area contributed by atoms with Crippen molar-refractivity contribution in [3.8, 4) is 11.1 Å². The first-order valence-corrected chi connectivity index (χ1v) is 7.04. The molecule has 1 heterocycles. The van der Waals surface area contributed by atoms with Gasteiger partial charge < -0.3 is 4.90 Å². The van der Waals surface area contributed by atoms with E-state index in [9.17, 15) is 9.59 Å². The number of likely N-dealkylation sites (N-methyl/N-ethyl adjacent to an activating group) is 1. The normalized spacial score (nSPS) is 12.6. The number of hydrogen-bond acceptors (Lipinski definition) is 3. The molecule has 0 bridgehead atoms. The molecule has 2 aromatic rings. The van der Waals surface area contributed by atoms with Crippen molar-refractivity contribution < 1.29 is 0 Å². The van der Waals surface area contributed by atoms with Gasteiger partial charge in [0.2, 0.25) is 0 Å². The zero-order chi connectivity index (χ0) is 15.6. The lowest BCUT2D eigenvalue weighted by Gasteiger charge is -2.20. The van der Waals surface area contributed by atoms with Gasteiger partial charge in [0.15, 0.2) is 0 Å². The molecule has 0 aliphatic heterocycles. The molecule has 1 aromatic carbocycles. The third kappa shape index (κ3) is 3.25. The molecular formula is C15H18ClN3O2. The Bertz CT molecular complexity index is 735. The topological polar surface area (TPSA) is 58.1 Å². The fraction of sp³-hybridized carbons (Fsp3) is 0.333. The van der Waals surface area contributed by atoms with E-state index in [4.69, 9.17) is 11.6 Å². The summed E-state index contributed by atoms with van der Waals surface area (Å²) in [6, 6.07) is 9.14. The Hall–Kier alpha value is -1.85. The summed E-state index contributed by atoms with van der Waals surface area (Å²) in [4.78, 5) is 29.1. The molecule has 0 aliphatic carbocycles. The van der Waals surface area contributed by atoms with E-state index >= 15 is 0 Å². The predicted molar refractivity (Wildman–Crippen MR) is 84.9 cm³/mol. The van der Waals surface area contributed by atoms with E-state index < -0.39 is 5.69 Å². The van der Waals surface area contributed by atoms with Crippen LogP contribution in [0.4, 0.5) is 0 Å². The van der Waals surface area contributed by atoms with Gasteiger partial charge in [0, 0.05) is 12.6 Å². The van der Waals surface area contributed by atoms with Crippen LogP contribution in [-0.2, 0) is 6.54 Å². The van der Waals surface area contributed by atoms with Crippen LogP contribution in [0.3, 0.4) is 0 Å². The highest BCUT2D eigenvalue weighted by molar-refractivity contribution is 6.32. The van der Waals surface area contributed by atoms with Crippen molar-refractivity contribution in [2.75, 3.05) is 14.1 Å². The lowest BCUT2D eigenvalue weighted by molar-refractivity contribution is 0.278. The lowest BCUT2D eigenvalue weighted by Crippen LogP contribution is -2.42. The van der Waals surface area contributed by atoms with E-state index in [-0.39, 0.29) is 16.8 Å². The van der Waals surface area contributed by atoms with E-state index in [1.165, 1.54) is 4.57 Å². The number of halogens is 1. The summed E-state index contributed by atoms with van der Waals surface area (Å²) in [5, 5.41) is 0.0740. The van der Waals surface area contributed by atoms with Crippen LogP contribution in [0.2, 0.25) is 5.15 Å². The average Bonchev–Trinajstić information content (AvgIpc) is 2.44. The number of H-pyrrole nitrogens is 1. The van der Waals surface area contributed by atoms with Gasteiger partial charge in [-0.05, 0) is 26.6 Å². The van der Waals surface area contributed by atoms with Gasteiger partial charge in [-0.2, -0.15) is 0 Å². The number of nitrogens with one attached hydrogen (secondary N) is 1. The predicted octanol–water partition coefficient (Wildman–Crippen LogP) is 1.81. The molecule has 0 amide bonds. The minimum absolute atomic E-state index is 0.0496. The van der Waals surface area contributed by atoms with Crippen LogP contribution in [0.25, 0.3) is 11.1 Å². The van der Waals surface area contributed by atoms with E-state index in [1.807, 2.05) is 44.1 Å². The smallest absolute Gasteiger partial charge is 0.305 e. The Morgan fingerprint density at radius 2 is 1.86 bits per heavy atom. The number of benzene rings is 1. The van der Waals surface area contributed by atoms with Crippen LogP contribution in [0.1, 0.15) is 6.92 Å². The molecule has 5 nitrogen and oxygen atoms in total. The molecule has 0 radical (unpaired) electrons. The molecule has 0 fully saturated rings. The summed E-state index contributed by atoms with van der Waals surface area (Å²) in [7, 11) is 3.80. The maximum Gasteiger partial charge on any atom is 0.329 e. The van der Waals surface area contributed by atoms with E-state index in [0.717, 1.165) is 0 Å². The molecule has 1 unspecified atom stereocenters. The van der Waals surface area contributed by atoms with Crippen LogP contribution in [0.5, 0.6) is 0 Å². The maximum absolute atomic E-state index is 12.6. The van der Waals surface area contributed by atoms with Crippen molar-refractivity contribution in [1.82, 2.24) is 14.5 Å². The molecule has 0 saturated carbocycles. The first-order chi connectivity index (χ1) is 9.91. The minimum atomic E-state index is -0.488. The van der Waals surface area contributed by atoms with Gasteiger partial charge in [-0.3, -0.25) is 14.3 Å². The summed E-state index contributed by atoms with van der Waals surface area (Å²) in [5.41, 5.74) is 0.153. The molecular weight excluding hydrogens is 290 g/mol. The van der Waals surface area contributed by atoms with Crippen LogP contribution in [0, 0.1) is 0 Å². The van der Waals surface area contributed by atoms with Crippen LogP contribution in [0.15, 0.2) is 39.9 Å². The second-order valence-electron chi connectivity index (χ2n) is 5.21. The van der Waals surface area contributed by atoms with Crippen molar-refractivity contribution >= 4 is 11.6 Å². The van der Waals surface area contributed by atoms with Gasteiger partial charge in [0.1, 0.15) is 5.15 Å². The van der Waals surface area contributed by atoms with Crippen LogP contribution in [-0.4, -0.2) is 34.6 Å². The van der Waals surface area contributed by atoms with E-state index in [2.05, 4.69) is 4.98 Å². The van der Waals surface area contributed by atoms with Gasteiger partial charge in [0.25, 0.3) is 5.56 Å². The highest BCUT2D eigenvalue weighted by atomic mass is 35.5. The molecule has 0 aliphatic rings. The third-order valence-corrected chi connectivity index (χ3v) is 3.81. The first-order valence-electron chi connectivity index (χ1n) is 6.66. The maximum atomic E-state index is 12.6. The van der Waals surface area contributed by atoms with Crippen molar-refractivity contribution in [3.05, 3.63) is 56.3 Å². The number of nitrogens with zero attached hydrogens (tertiary/aromatic N) is 2. The van der Waals surface area contributed by atoms with Crippen molar-refractivity contribution in [3.63, 3.8) is 0 Å². The SMILES string of the molecule is CC(Cn1c(=O)[nH]c(Cl)c(-c2ccccc2)c1=O)N(C)C. The van der Waals surface area contributed by atoms with Crippen molar-refractivity contribution in [2.24, 2.45) is 0 Å². The summed E-state index contributed by atoms with van der Waals surface area (Å²) in [6.07, 6.45) is 0. The van der Waals surface area contributed by atoms with E-state index in [0.29, 0.717) is 17.7 Å². The summed E-state index contributed by atoms with van der Waals surface area (Å²) >= 11 is 6.06. The Balaban J connectivity index is 2.59. The minimum Gasteiger partial charge on any atom is -0.305 e. The molecule has 112 valence electrons. The third-order valence-electron chi connectivity index (χ3n) is 3.53. The zero-order valence-corrected chi connectivity index (χ0v) is 13.0. The highest BCUT2D eigenvalue weighted by Crippen LogP contribution is 2.20. The first kappa shape index (κ1) is 15.5. The van der Waals surface area contributed by atoms with Crippen molar-refractivity contribution in [2.45, 2.75) is 19.5 Å². The molecule has 6 heteroatoms. The molecule has 1 atom stereocenters. The fourth-order valence-electron chi connectivity index (χ4n) is 1.99. The monoisotopic (exact) mass is 307 g/mol. The molecule has 21 heavy (non-hydrogen) atoms. The Morgan fingerprint density at radius 1 is 1.24 bits per heavy atom. The van der Waals surface area contributed by atoms with Crippen LogP contribution < -0.4 is 11.2 Å². The molecule has 1 N–H and O–H groups in total. The van der Waals surface area contributed by atoms with Gasteiger partial charge >= 0.3 is 5.69 Å². The Kier molecular flexibility index (Phi) is 4.65. The fourth-order valence-corrected chi connectivity index (χ4v) is 2.26. The second kappa shape index (κ2) is 6.28. The largest absolute Gasteiger partial charge is 0.329 e. The molecule has 0 saturated heterocycles. The number of aromatic amines is 1.